The van der Waals surface area contributed by atoms with E-state index in [0.29, 0.717) is 19.3 Å². The van der Waals surface area contributed by atoms with Crippen molar-refractivity contribution in [3.63, 3.8) is 0 Å². The van der Waals surface area contributed by atoms with Gasteiger partial charge in [-0.3, -0.25) is 23.4 Å². The fourth-order valence-electron chi connectivity index (χ4n) is 8.59. The minimum atomic E-state index is -4.73. The number of aliphatic hydroxyl groups excluding tert-OH is 1. The van der Waals surface area contributed by atoms with Crippen molar-refractivity contribution in [1.29, 1.82) is 0 Å². The number of carbonyl (C=O) groups is 3. The molecule has 0 saturated heterocycles. The molecule has 0 aromatic heterocycles. The molecule has 0 amide bonds. The number of aliphatic hydroxyl groups is 1. The summed E-state index contributed by atoms with van der Waals surface area (Å²) in [6, 6.07) is 0. The molecule has 12 heteroatoms. The Labute approximate surface area is 418 Å². The molecule has 0 radical (unpaired) electrons. The smallest absolute Gasteiger partial charge is 0.462 e. The second kappa shape index (κ2) is 51.8. The van der Waals surface area contributed by atoms with Gasteiger partial charge in [-0.25, -0.2) is 4.57 Å². The molecule has 3 unspecified atom stereocenters. The predicted molar refractivity (Wildman–Crippen MR) is 280 cm³/mol. The Hall–Kier alpha value is -1.52. The number of ether oxygens (including phenoxy) is 3. The monoisotopic (exact) mass is 989 g/mol. The van der Waals surface area contributed by atoms with Gasteiger partial charge in [0, 0.05) is 19.3 Å². The van der Waals surface area contributed by atoms with Gasteiger partial charge in [-0.05, 0) is 19.3 Å². The van der Waals surface area contributed by atoms with Gasteiger partial charge in [0.25, 0.3) is 0 Å². The van der Waals surface area contributed by atoms with E-state index in [4.69, 9.17) is 23.3 Å². The SMILES string of the molecule is CCCCCCCCCCCCCCCCCCCCCC(=O)OC(COC(=O)CCCCCCCCCCCCCCC)COP(=O)(O)OCC(CO)OC(=O)CCCCCCCCCCC. The van der Waals surface area contributed by atoms with E-state index >= 15 is 0 Å². The van der Waals surface area contributed by atoms with Crippen LogP contribution >= 0.6 is 7.82 Å². The van der Waals surface area contributed by atoms with Gasteiger partial charge in [-0.15, -0.1) is 0 Å². The Morgan fingerprint density at radius 1 is 0.353 bits per heavy atom. The molecule has 0 spiro atoms. The third-order valence-electron chi connectivity index (χ3n) is 13.0. The highest BCUT2D eigenvalue weighted by Gasteiger charge is 2.28. The number of hydrogen-bond donors (Lipinski definition) is 2. The van der Waals surface area contributed by atoms with Crippen molar-refractivity contribution in [1.82, 2.24) is 0 Å². The summed E-state index contributed by atoms with van der Waals surface area (Å²) in [6.45, 7) is 4.68. The molecule has 0 bridgehead atoms. The molecule has 0 aliphatic heterocycles. The normalized spacial score (nSPS) is 13.3. The highest BCUT2D eigenvalue weighted by molar-refractivity contribution is 7.47. The third-order valence-corrected chi connectivity index (χ3v) is 14.0. The number of phosphoric ester groups is 1. The maximum atomic E-state index is 12.9. The van der Waals surface area contributed by atoms with E-state index in [0.717, 1.165) is 57.8 Å². The Kier molecular flexibility index (Phi) is 50.7. The van der Waals surface area contributed by atoms with Crippen LogP contribution in [0.2, 0.25) is 0 Å². The molecule has 404 valence electrons. The molecule has 3 atom stereocenters. The van der Waals surface area contributed by atoms with Crippen LogP contribution in [-0.4, -0.2) is 66.5 Å². The standard InChI is InChI=1S/C56H109O11P/c1-4-7-10-13-16-19-21-23-24-25-26-27-28-30-32-35-38-41-44-47-56(60)67-53(49-63-54(58)45-42-39-36-34-31-29-22-20-17-14-11-8-5-2)51-65-68(61,62)64-50-52(48-57)66-55(59)46-43-40-37-33-18-15-12-9-6-3/h52-53,57H,4-51H2,1-3H3,(H,61,62). The summed E-state index contributed by atoms with van der Waals surface area (Å²) < 4.78 is 39.4. The number of rotatable bonds is 55. The van der Waals surface area contributed by atoms with Gasteiger partial charge in [0.2, 0.25) is 0 Å². The summed E-state index contributed by atoms with van der Waals surface area (Å²) in [4.78, 5) is 48.4. The van der Waals surface area contributed by atoms with Crippen LogP contribution in [0.25, 0.3) is 0 Å². The van der Waals surface area contributed by atoms with E-state index in [1.807, 2.05) is 0 Å². The van der Waals surface area contributed by atoms with Crippen molar-refractivity contribution >= 4 is 25.7 Å². The van der Waals surface area contributed by atoms with Crippen LogP contribution in [0.15, 0.2) is 0 Å². The maximum Gasteiger partial charge on any atom is 0.472 e. The molecule has 0 heterocycles. The van der Waals surface area contributed by atoms with Gasteiger partial charge in [-0.1, -0.05) is 265 Å². The summed E-state index contributed by atoms with van der Waals surface area (Å²) >= 11 is 0. The fourth-order valence-corrected chi connectivity index (χ4v) is 9.38. The van der Waals surface area contributed by atoms with Gasteiger partial charge in [-0.2, -0.15) is 0 Å². The molecule has 0 fully saturated rings. The number of unbranched alkanes of at least 4 members (excludes halogenated alkanes) is 38. The lowest BCUT2D eigenvalue weighted by Gasteiger charge is -2.21. The van der Waals surface area contributed by atoms with Crippen LogP contribution in [0.5, 0.6) is 0 Å². The first-order valence-corrected chi connectivity index (χ1v) is 30.4. The first-order chi connectivity index (χ1) is 33.2. The Morgan fingerprint density at radius 3 is 0.868 bits per heavy atom. The number of phosphoric acid groups is 1. The van der Waals surface area contributed by atoms with Gasteiger partial charge in [0.1, 0.15) is 12.7 Å². The van der Waals surface area contributed by atoms with Gasteiger partial charge in [0.05, 0.1) is 19.8 Å². The Bertz CT molecular complexity index is 1150. The van der Waals surface area contributed by atoms with Gasteiger partial charge in [0.15, 0.2) is 6.10 Å². The second-order valence-corrected chi connectivity index (χ2v) is 21.3. The van der Waals surface area contributed by atoms with Crippen LogP contribution in [0.1, 0.15) is 303 Å². The zero-order valence-corrected chi connectivity index (χ0v) is 45.5. The molecule has 0 aliphatic carbocycles. The Balaban J connectivity index is 4.63. The molecule has 0 aliphatic rings. The summed E-state index contributed by atoms with van der Waals surface area (Å²) in [5.41, 5.74) is 0. The fraction of sp³-hybridized carbons (Fsp3) is 0.946. The largest absolute Gasteiger partial charge is 0.472 e. The van der Waals surface area contributed by atoms with Crippen molar-refractivity contribution < 1.29 is 52.2 Å². The molecule has 2 N–H and O–H groups in total. The quantitative estimate of drug-likeness (QED) is 0.0259. The van der Waals surface area contributed by atoms with Crippen LogP contribution in [0, 0.1) is 0 Å². The van der Waals surface area contributed by atoms with Crippen molar-refractivity contribution in [2.24, 2.45) is 0 Å². The molecule has 0 aromatic carbocycles. The Morgan fingerprint density at radius 2 is 0.588 bits per heavy atom. The van der Waals surface area contributed by atoms with Crippen molar-refractivity contribution in [3.8, 4) is 0 Å². The molecular weight excluding hydrogens is 880 g/mol. The molecule has 0 aromatic rings. The molecule has 0 saturated carbocycles. The first-order valence-electron chi connectivity index (χ1n) is 28.9. The third kappa shape index (κ3) is 49.5. The summed E-state index contributed by atoms with van der Waals surface area (Å²) in [5.74, 6) is -1.43. The summed E-state index contributed by atoms with van der Waals surface area (Å²) in [7, 11) is -4.73. The lowest BCUT2D eigenvalue weighted by atomic mass is 10.0. The zero-order valence-electron chi connectivity index (χ0n) is 44.6. The highest BCUT2D eigenvalue weighted by Crippen LogP contribution is 2.43. The first kappa shape index (κ1) is 66.5. The van der Waals surface area contributed by atoms with Crippen LogP contribution in [0.4, 0.5) is 0 Å². The van der Waals surface area contributed by atoms with Crippen LogP contribution < -0.4 is 0 Å². The van der Waals surface area contributed by atoms with Crippen LogP contribution in [-0.2, 0) is 42.2 Å². The van der Waals surface area contributed by atoms with Gasteiger partial charge >= 0.3 is 25.7 Å². The van der Waals surface area contributed by atoms with E-state index in [9.17, 15) is 28.9 Å². The zero-order chi connectivity index (χ0) is 49.9. The lowest BCUT2D eigenvalue weighted by Crippen LogP contribution is -2.30. The van der Waals surface area contributed by atoms with Crippen molar-refractivity contribution in [3.05, 3.63) is 0 Å². The van der Waals surface area contributed by atoms with E-state index in [1.54, 1.807) is 0 Å². The topological polar surface area (TPSA) is 155 Å². The number of hydrogen-bond acceptors (Lipinski definition) is 10. The molecular formula is C56H109O11P. The van der Waals surface area contributed by atoms with E-state index in [2.05, 4.69) is 20.8 Å². The average molecular weight is 989 g/mol. The number of esters is 3. The van der Waals surface area contributed by atoms with Crippen LogP contribution in [0.3, 0.4) is 0 Å². The second-order valence-electron chi connectivity index (χ2n) is 19.8. The summed E-state index contributed by atoms with van der Waals surface area (Å²) in [6.07, 6.45) is 47.9. The maximum absolute atomic E-state index is 12.9. The average Bonchev–Trinajstić information content (AvgIpc) is 3.32. The van der Waals surface area contributed by atoms with E-state index in [1.165, 1.54) is 186 Å². The molecule has 68 heavy (non-hydrogen) atoms. The molecule has 0 rings (SSSR count). The summed E-state index contributed by atoms with van der Waals surface area (Å²) in [5, 5.41) is 9.76. The van der Waals surface area contributed by atoms with E-state index < -0.39 is 57.8 Å². The van der Waals surface area contributed by atoms with Crippen molar-refractivity contribution in [2.75, 3.05) is 26.4 Å². The van der Waals surface area contributed by atoms with Crippen molar-refractivity contribution in [2.45, 2.75) is 315 Å². The minimum Gasteiger partial charge on any atom is -0.462 e. The van der Waals surface area contributed by atoms with E-state index in [-0.39, 0.29) is 25.9 Å². The number of carbonyl (C=O) groups excluding carboxylic acids is 3. The highest BCUT2D eigenvalue weighted by atomic mass is 31.2. The minimum absolute atomic E-state index is 0.179. The predicted octanol–water partition coefficient (Wildman–Crippen LogP) is 16.7. The molecule has 11 nitrogen and oxygen atoms in total. The van der Waals surface area contributed by atoms with Gasteiger partial charge < -0.3 is 24.2 Å². The lowest BCUT2D eigenvalue weighted by molar-refractivity contribution is -0.161.